The van der Waals surface area contributed by atoms with Crippen molar-refractivity contribution >= 4 is 29.1 Å². The zero-order chi connectivity index (χ0) is 23.3. The number of amides is 1. The number of nitrogens with zero attached hydrogens (tertiary/aromatic N) is 4. The third-order valence-electron chi connectivity index (χ3n) is 4.59. The van der Waals surface area contributed by atoms with Crippen molar-refractivity contribution in [3.05, 3.63) is 54.1 Å². The summed E-state index contributed by atoms with van der Waals surface area (Å²) in [5.74, 6) is 0.520. The molecule has 2 aromatic carbocycles. The molecule has 0 saturated carbocycles. The second kappa shape index (κ2) is 9.95. The van der Waals surface area contributed by atoms with E-state index in [9.17, 15) is 9.59 Å². The minimum Gasteiger partial charge on any atom is -0.492 e. The van der Waals surface area contributed by atoms with E-state index < -0.39 is 10.7 Å². The molecule has 32 heavy (non-hydrogen) atoms. The number of tetrazole rings is 1. The molecule has 0 bridgehead atoms. The summed E-state index contributed by atoms with van der Waals surface area (Å²) in [4.78, 5) is 25.1. The summed E-state index contributed by atoms with van der Waals surface area (Å²) in [6, 6.07) is 14.4. The van der Waals surface area contributed by atoms with Crippen LogP contribution in [0.25, 0.3) is 5.69 Å². The molecule has 0 aliphatic carbocycles. The summed E-state index contributed by atoms with van der Waals surface area (Å²) < 4.78 is 7.25. The van der Waals surface area contributed by atoms with Gasteiger partial charge in [0, 0.05) is 16.7 Å². The van der Waals surface area contributed by atoms with E-state index in [0.29, 0.717) is 34.5 Å². The number of ketones is 1. The van der Waals surface area contributed by atoms with E-state index in [0.717, 1.165) is 0 Å². The van der Waals surface area contributed by atoms with Crippen LogP contribution < -0.4 is 10.1 Å². The highest BCUT2D eigenvalue weighted by Crippen LogP contribution is 2.29. The molecule has 0 spiro atoms. The molecule has 9 heteroatoms. The summed E-state index contributed by atoms with van der Waals surface area (Å²) in [5.41, 5.74) is 1.41. The van der Waals surface area contributed by atoms with Crippen molar-refractivity contribution in [2.45, 2.75) is 45.0 Å². The van der Waals surface area contributed by atoms with Gasteiger partial charge in [-0.2, -0.15) is 4.68 Å². The Hall–Kier alpha value is -3.20. The predicted molar refractivity (Wildman–Crippen MR) is 124 cm³/mol. The number of para-hydroxylation sites is 2. The van der Waals surface area contributed by atoms with Crippen molar-refractivity contribution in [1.29, 1.82) is 0 Å². The molecule has 1 amide bonds. The van der Waals surface area contributed by atoms with E-state index in [1.807, 2.05) is 58.9 Å². The molecule has 1 atom stereocenters. The molecule has 1 unspecified atom stereocenters. The molecule has 0 saturated heterocycles. The zero-order valence-corrected chi connectivity index (χ0v) is 19.6. The largest absolute Gasteiger partial charge is 0.492 e. The molecule has 1 aromatic heterocycles. The molecule has 1 N–H and O–H groups in total. The molecule has 0 radical (unpaired) electrons. The number of Topliss-reactive ketones (excluding diaryl/α,β-unsaturated/α-hetero) is 1. The van der Waals surface area contributed by atoms with Crippen LogP contribution >= 0.6 is 11.8 Å². The van der Waals surface area contributed by atoms with Gasteiger partial charge in [0.2, 0.25) is 11.1 Å². The van der Waals surface area contributed by atoms with Crippen LogP contribution in [0.15, 0.2) is 53.7 Å². The highest BCUT2D eigenvalue weighted by molar-refractivity contribution is 8.00. The van der Waals surface area contributed by atoms with Crippen molar-refractivity contribution < 1.29 is 14.3 Å². The number of hydrogen-bond acceptors (Lipinski definition) is 7. The van der Waals surface area contributed by atoms with E-state index >= 15 is 0 Å². The molecular formula is C23H27N5O3S. The fourth-order valence-corrected chi connectivity index (χ4v) is 3.67. The maximum Gasteiger partial charge on any atom is 0.229 e. The number of carbonyl (C=O) groups excluding carboxylic acids is 2. The number of thioether (sulfide) groups is 1. The van der Waals surface area contributed by atoms with Gasteiger partial charge >= 0.3 is 0 Å². The lowest BCUT2D eigenvalue weighted by Crippen LogP contribution is -2.27. The Labute approximate surface area is 191 Å². The number of hydrogen-bond donors (Lipinski definition) is 1. The summed E-state index contributed by atoms with van der Waals surface area (Å²) in [6.07, 6.45) is 0. The van der Waals surface area contributed by atoms with Crippen LogP contribution in [0.3, 0.4) is 0 Å². The van der Waals surface area contributed by atoms with Crippen molar-refractivity contribution in [2.24, 2.45) is 5.41 Å². The van der Waals surface area contributed by atoms with Crippen LogP contribution in [0, 0.1) is 5.41 Å². The Kier molecular flexibility index (Phi) is 7.29. The van der Waals surface area contributed by atoms with Gasteiger partial charge in [0.1, 0.15) is 11.4 Å². The van der Waals surface area contributed by atoms with Crippen molar-refractivity contribution in [1.82, 2.24) is 20.2 Å². The van der Waals surface area contributed by atoms with E-state index in [4.69, 9.17) is 4.74 Å². The lowest BCUT2D eigenvalue weighted by molar-refractivity contribution is -0.123. The Bertz CT molecular complexity index is 1090. The molecule has 0 aliphatic rings. The van der Waals surface area contributed by atoms with Gasteiger partial charge in [0.25, 0.3) is 0 Å². The fourth-order valence-electron chi connectivity index (χ4n) is 2.80. The van der Waals surface area contributed by atoms with Gasteiger partial charge in [-0.25, -0.2) is 0 Å². The number of aromatic nitrogens is 4. The first-order valence-corrected chi connectivity index (χ1v) is 11.2. The Morgan fingerprint density at radius 3 is 2.47 bits per heavy atom. The van der Waals surface area contributed by atoms with Gasteiger partial charge in [-0.1, -0.05) is 44.7 Å². The van der Waals surface area contributed by atoms with Crippen LogP contribution in [0.4, 0.5) is 5.69 Å². The topological polar surface area (TPSA) is 99.0 Å². The fraction of sp³-hybridized carbons (Fsp3) is 0.348. The predicted octanol–water partition coefficient (Wildman–Crippen LogP) is 4.41. The Morgan fingerprint density at radius 2 is 1.81 bits per heavy atom. The minimum atomic E-state index is -0.496. The van der Waals surface area contributed by atoms with Gasteiger partial charge in [-0.3, -0.25) is 9.59 Å². The van der Waals surface area contributed by atoms with Crippen LogP contribution in [-0.4, -0.2) is 43.8 Å². The van der Waals surface area contributed by atoms with E-state index in [1.165, 1.54) is 11.8 Å². The first-order chi connectivity index (χ1) is 15.2. The van der Waals surface area contributed by atoms with Crippen LogP contribution in [0.1, 0.15) is 45.0 Å². The van der Waals surface area contributed by atoms with E-state index in [1.54, 1.807) is 28.9 Å². The zero-order valence-electron chi connectivity index (χ0n) is 18.8. The average Bonchev–Trinajstić information content (AvgIpc) is 3.21. The van der Waals surface area contributed by atoms with Gasteiger partial charge in [0.15, 0.2) is 5.78 Å². The number of rotatable bonds is 8. The lowest BCUT2D eigenvalue weighted by Gasteiger charge is -2.18. The molecule has 3 aromatic rings. The number of nitrogens with one attached hydrogen (secondary N) is 1. The molecule has 1 heterocycles. The number of benzene rings is 2. The Morgan fingerprint density at radius 1 is 1.12 bits per heavy atom. The van der Waals surface area contributed by atoms with Gasteiger partial charge < -0.3 is 10.1 Å². The van der Waals surface area contributed by atoms with Gasteiger partial charge in [-0.05, 0) is 60.7 Å². The van der Waals surface area contributed by atoms with Crippen LogP contribution in [0.5, 0.6) is 5.75 Å². The second-order valence-corrected chi connectivity index (χ2v) is 9.49. The standard InChI is InChI=1S/C23H27N5O3S/c1-6-31-19-10-8-7-9-18(19)28-22(25-26-27-28)32-15(2)20(29)16-11-13-17(14-12-16)24-21(30)23(3,4)5/h7-15H,6H2,1-5H3,(H,24,30). The maximum atomic E-state index is 13.0. The van der Waals surface area contributed by atoms with Crippen molar-refractivity contribution in [3.63, 3.8) is 0 Å². The molecule has 0 fully saturated rings. The third kappa shape index (κ3) is 5.53. The maximum absolute atomic E-state index is 13.0. The Balaban J connectivity index is 1.73. The molecule has 0 aliphatic heterocycles. The van der Waals surface area contributed by atoms with E-state index in [2.05, 4.69) is 20.8 Å². The molecule has 3 rings (SSSR count). The molecule has 168 valence electrons. The summed E-state index contributed by atoms with van der Waals surface area (Å²) >= 11 is 1.27. The smallest absolute Gasteiger partial charge is 0.229 e. The van der Waals surface area contributed by atoms with Crippen LogP contribution in [-0.2, 0) is 4.79 Å². The summed E-state index contributed by atoms with van der Waals surface area (Å²) in [7, 11) is 0. The van der Waals surface area contributed by atoms with Crippen molar-refractivity contribution in [3.8, 4) is 11.4 Å². The van der Waals surface area contributed by atoms with Crippen molar-refractivity contribution in [2.75, 3.05) is 11.9 Å². The summed E-state index contributed by atoms with van der Waals surface area (Å²) in [6.45, 7) is 9.78. The second-order valence-electron chi connectivity index (χ2n) is 8.18. The monoisotopic (exact) mass is 453 g/mol. The summed E-state index contributed by atoms with van der Waals surface area (Å²) in [5, 5.41) is 14.9. The third-order valence-corrected chi connectivity index (χ3v) is 5.63. The lowest BCUT2D eigenvalue weighted by atomic mass is 9.95. The number of carbonyl (C=O) groups is 2. The highest BCUT2D eigenvalue weighted by Gasteiger charge is 2.23. The van der Waals surface area contributed by atoms with Crippen LogP contribution in [0.2, 0.25) is 0 Å². The molecular weight excluding hydrogens is 426 g/mol. The highest BCUT2D eigenvalue weighted by atomic mass is 32.2. The number of ether oxygens (including phenoxy) is 1. The minimum absolute atomic E-state index is 0.0589. The van der Waals surface area contributed by atoms with Gasteiger partial charge in [-0.15, -0.1) is 5.10 Å². The normalized spacial score (nSPS) is 12.3. The number of anilines is 1. The first kappa shape index (κ1) is 23.5. The SMILES string of the molecule is CCOc1ccccc1-n1nnnc1SC(C)C(=O)c1ccc(NC(=O)C(C)(C)C)cc1. The van der Waals surface area contributed by atoms with Gasteiger partial charge in [0.05, 0.1) is 11.9 Å². The van der Waals surface area contributed by atoms with E-state index in [-0.39, 0.29) is 11.7 Å². The first-order valence-electron chi connectivity index (χ1n) is 10.3. The molecule has 8 nitrogen and oxygen atoms in total. The average molecular weight is 454 g/mol. The quantitative estimate of drug-likeness (QED) is 0.398.